The Labute approximate surface area is 145 Å². The Bertz CT molecular complexity index is 271. The highest BCUT2D eigenvalue weighted by Gasteiger charge is 1.93. The van der Waals surface area contributed by atoms with Crippen molar-refractivity contribution in [1.29, 1.82) is 0 Å². The van der Waals surface area contributed by atoms with Gasteiger partial charge in [-0.25, -0.2) is 0 Å². The molecule has 0 aromatic carbocycles. The molecule has 0 radical (unpaired) electrons. The molecular weight excluding hydrogens is 280 g/mol. The van der Waals surface area contributed by atoms with Gasteiger partial charge in [-0.15, -0.1) is 0 Å². The van der Waals surface area contributed by atoms with Crippen molar-refractivity contribution in [2.45, 2.75) is 103 Å². The van der Waals surface area contributed by atoms with Crippen LogP contribution < -0.4 is 11.5 Å². The second-order valence-corrected chi connectivity index (χ2v) is 6.73. The lowest BCUT2D eigenvalue weighted by Gasteiger charge is -2.02. The van der Waals surface area contributed by atoms with Crippen molar-refractivity contribution in [3.05, 3.63) is 24.3 Å². The zero-order valence-corrected chi connectivity index (χ0v) is 15.6. The second-order valence-electron chi connectivity index (χ2n) is 6.73. The molecule has 4 N–H and O–H groups in total. The lowest BCUT2D eigenvalue weighted by Crippen LogP contribution is -2.20. The van der Waals surface area contributed by atoms with Crippen LogP contribution in [0.15, 0.2) is 24.3 Å². The molecule has 0 spiro atoms. The third-order valence-electron chi connectivity index (χ3n) is 4.33. The minimum atomic E-state index is 0.108. The molecular formula is C21H42N2. The minimum absolute atomic E-state index is 0.108. The minimum Gasteiger partial charge on any atom is -0.330 e. The van der Waals surface area contributed by atoms with Crippen LogP contribution in [0.1, 0.15) is 96.8 Å². The van der Waals surface area contributed by atoms with E-state index in [2.05, 4.69) is 25.2 Å². The lowest BCUT2D eigenvalue weighted by atomic mass is 10.0. The highest BCUT2D eigenvalue weighted by Crippen LogP contribution is 2.12. The molecule has 0 fully saturated rings. The average Bonchev–Trinajstić information content (AvgIpc) is 2.54. The van der Waals surface area contributed by atoms with Gasteiger partial charge in [0.2, 0.25) is 0 Å². The van der Waals surface area contributed by atoms with Gasteiger partial charge in [-0.05, 0) is 25.8 Å². The Morgan fingerprint density at radius 2 is 1.26 bits per heavy atom. The van der Waals surface area contributed by atoms with Crippen LogP contribution >= 0.6 is 0 Å². The van der Waals surface area contributed by atoms with Gasteiger partial charge in [0.25, 0.3) is 0 Å². The maximum atomic E-state index is 5.84. The van der Waals surface area contributed by atoms with Gasteiger partial charge >= 0.3 is 0 Å². The van der Waals surface area contributed by atoms with Gasteiger partial charge in [0.05, 0.1) is 0 Å². The summed E-state index contributed by atoms with van der Waals surface area (Å²) in [5, 5.41) is 0. The highest BCUT2D eigenvalue weighted by atomic mass is 14.6. The molecule has 0 heterocycles. The lowest BCUT2D eigenvalue weighted by molar-refractivity contribution is 0.545. The molecule has 0 aliphatic heterocycles. The van der Waals surface area contributed by atoms with Crippen LogP contribution in [0.3, 0.4) is 0 Å². The quantitative estimate of drug-likeness (QED) is 0.260. The zero-order valence-electron chi connectivity index (χ0n) is 15.6. The molecule has 0 aromatic rings. The molecule has 2 heteroatoms. The summed E-state index contributed by atoms with van der Waals surface area (Å²) in [5.41, 5.74) is 11.3. The van der Waals surface area contributed by atoms with Gasteiger partial charge in [-0.2, -0.15) is 0 Å². The number of rotatable bonds is 17. The van der Waals surface area contributed by atoms with Crippen LogP contribution in [0.25, 0.3) is 0 Å². The molecule has 0 amide bonds. The van der Waals surface area contributed by atoms with E-state index in [-0.39, 0.29) is 6.04 Å². The first-order valence-electron chi connectivity index (χ1n) is 10.1. The summed E-state index contributed by atoms with van der Waals surface area (Å²) < 4.78 is 0. The largest absolute Gasteiger partial charge is 0.330 e. The van der Waals surface area contributed by atoms with E-state index in [9.17, 15) is 0 Å². The number of nitrogens with two attached hydrogens (primary N) is 2. The molecule has 1 unspecified atom stereocenters. The molecule has 0 aliphatic rings. The summed E-state index contributed by atoms with van der Waals surface area (Å²) in [4.78, 5) is 0. The van der Waals surface area contributed by atoms with Crippen LogP contribution in [0.2, 0.25) is 0 Å². The van der Waals surface area contributed by atoms with Crippen LogP contribution in [0.4, 0.5) is 0 Å². The Morgan fingerprint density at radius 3 is 1.78 bits per heavy atom. The van der Waals surface area contributed by atoms with E-state index in [0.29, 0.717) is 6.54 Å². The zero-order chi connectivity index (χ0) is 17.0. The molecule has 1 atom stereocenters. The molecule has 136 valence electrons. The van der Waals surface area contributed by atoms with E-state index < -0.39 is 0 Å². The molecule has 0 aromatic heterocycles. The molecule has 0 aliphatic carbocycles. The summed E-state index contributed by atoms with van der Waals surface area (Å²) in [6, 6.07) is 0.108. The number of unbranched alkanes of at least 4 members (excludes halogenated alkanes) is 12. The normalized spacial score (nSPS) is 13.3. The van der Waals surface area contributed by atoms with Crippen molar-refractivity contribution in [1.82, 2.24) is 0 Å². The van der Waals surface area contributed by atoms with Crippen LogP contribution in [-0.4, -0.2) is 12.6 Å². The molecule has 0 rings (SSSR count). The Hall–Kier alpha value is -0.600. The Morgan fingerprint density at radius 1 is 0.739 bits per heavy atom. The maximum absolute atomic E-state index is 5.84. The smallest absolute Gasteiger partial charge is 0.0238 e. The van der Waals surface area contributed by atoms with Crippen molar-refractivity contribution < 1.29 is 0 Å². The fourth-order valence-corrected chi connectivity index (χ4v) is 2.77. The van der Waals surface area contributed by atoms with E-state index >= 15 is 0 Å². The SMILES string of the molecule is CCCCCCCCCCCCCCC=CC=CC(N)CCN. The fraction of sp³-hybridized carbons (Fsp3) is 0.810. The van der Waals surface area contributed by atoms with Gasteiger partial charge in [-0.1, -0.05) is 102 Å². The summed E-state index contributed by atoms with van der Waals surface area (Å²) >= 11 is 0. The van der Waals surface area contributed by atoms with Crippen molar-refractivity contribution in [3.8, 4) is 0 Å². The van der Waals surface area contributed by atoms with Crippen LogP contribution in [0.5, 0.6) is 0 Å². The van der Waals surface area contributed by atoms with Crippen LogP contribution in [-0.2, 0) is 0 Å². The average molecular weight is 323 g/mol. The van der Waals surface area contributed by atoms with E-state index in [1.807, 2.05) is 6.08 Å². The van der Waals surface area contributed by atoms with Crippen LogP contribution in [0, 0.1) is 0 Å². The van der Waals surface area contributed by atoms with E-state index in [1.54, 1.807) is 0 Å². The maximum Gasteiger partial charge on any atom is 0.0238 e. The Kier molecular flexibility index (Phi) is 18.9. The predicted molar refractivity (Wildman–Crippen MR) is 106 cm³/mol. The molecule has 0 saturated carbocycles. The monoisotopic (exact) mass is 322 g/mol. The van der Waals surface area contributed by atoms with E-state index in [0.717, 1.165) is 6.42 Å². The Balaban J connectivity index is 3.18. The van der Waals surface area contributed by atoms with Gasteiger partial charge in [-0.3, -0.25) is 0 Å². The summed E-state index contributed by atoms with van der Waals surface area (Å²) in [6.45, 7) is 2.94. The topological polar surface area (TPSA) is 52.0 Å². The van der Waals surface area contributed by atoms with Crippen molar-refractivity contribution in [2.24, 2.45) is 11.5 Å². The van der Waals surface area contributed by atoms with Gasteiger partial charge < -0.3 is 11.5 Å². The van der Waals surface area contributed by atoms with Crippen molar-refractivity contribution in [2.75, 3.05) is 6.54 Å². The van der Waals surface area contributed by atoms with Gasteiger partial charge in [0.15, 0.2) is 0 Å². The summed E-state index contributed by atoms with van der Waals surface area (Å²) in [5.74, 6) is 0. The summed E-state index contributed by atoms with van der Waals surface area (Å²) in [6.07, 6.45) is 27.5. The first-order valence-corrected chi connectivity index (χ1v) is 10.1. The van der Waals surface area contributed by atoms with Crippen molar-refractivity contribution >= 4 is 0 Å². The summed E-state index contributed by atoms with van der Waals surface area (Å²) in [7, 11) is 0. The third kappa shape index (κ3) is 19.4. The molecule has 2 nitrogen and oxygen atoms in total. The molecule has 0 saturated heterocycles. The second kappa shape index (κ2) is 19.4. The molecule has 23 heavy (non-hydrogen) atoms. The first kappa shape index (κ1) is 22.4. The highest BCUT2D eigenvalue weighted by molar-refractivity contribution is 5.05. The number of allylic oxidation sites excluding steroid dienone is 3. The van der Waals surface area contributed by atoms with E-state index in [1.165, 1.54) is 83.5 Å². The standard InChI is InChI=1S/C21H42N2/c1-2-3-4-5-6-7-8-9-10-11-12-13-14-15-16-17-18-21(23)19-20-22/h15-18,21H,2-14,19-20,22-23H2,1H3. The molecule has 0 bridgehead atoms. The van der Waals surface area contributed by atoms with Gasteiger partial charge in [0.1, 0.15) is 0 Å². The predicted octanol–water partition coefficient (Wildman–Crippen LogP) is 5.87. The first-order chi connectivity index (χ1) is 11.3. The third-order valence-corrected chi connectivity index (χ3v) is 4.33. The van der Waals surface area contributed by atoms with Crippen molar-refractivity contribution in [3.63, 3.8) is 0 Å². The number of hydrogen-bond donors (Lipinski definition) is 2. The number of hydrogen-bond acceptors (Lipinski definition) is 2. The van der Waals surface area contributed by atoms with E-state index in [4.69, 9.17) is 11.5 Å². The van der Waals surface area contributed by atoms with Gasteiger partial charge in [0, 0.05) is 6.04 Å². The fourth-order valence-electron chi connectivity index (χ4n) is 2.77.